The first-order valence-corrected chi connectivity index (χ1v) is 8.65. The SMILES string of the molecule is O=P(Cl)(Cl)NS(=O)(=O)Nc1ccccc1. The number of anilines is 1. The molecule has 0 fully saturated rings. The molecule has 1 rings (SSSR count). The average Bonchev–Trinajstić information content (AvgIpc) is 1.99. The van der Waals surface area contributed by atoms with Crippen molar-refractivity contribution >= 4 is 44.4 Å². The Labute approximate surface area is 97.0 Å². The van der Waals surface area contributed by atoms with E-state index >= 15 is 0 Å². The van der Waals surface area contributed by atoms with Gasteiger partial charge in [-0.25, -0.2) is 0 Å². The van der Waals surface area contributed by atoms with E-state index in [9.17, 15) is 13.0 Å². The van der Waals surface area contributed by atoms with E-state index < -0.39 is 16.2 Å². The molecule has 9 heteroatoms. The summed E-state index contributed by atoms with van der Waals surface area (Å²) in [4.78, 5) is 0. The summed E-state index contributed by atoms with van der Waals surface area (Å²) in [6, 6.07) is 8.04. The third-order valence-corrected chi connectivity index (χ3v) is 4.81. The number of rotatable bonds is 4. The summed E-state index contributed by atoms with van der Waals surface area (Å²) in [7, 11) is -4.02. The van der Waals surface area contributed by atoms with E-state index in [1.54, 1.807) is 22.7 Å². The Balaban J connectivity index is 2.79. The van der Waals surface area contributed by atoms with E-state index in [4.69, 9.17) is 22.5 Å². The van der Waals surface area contributed by atoms with Gasteiger partial charge in [0, 0.05) is 5.69 Å². The first-order chi connectivity index (χ1) is 6.79. The minimum absolute atomic E-state index is 0.312. The maximum Gasteiger partial charge on any atom is 0.334 e. The van der Waals surface area contributed by atoms with E-state index in [1.165, 1.54) is 12.1 Å². The number of nitrogens with one attached hydrogen (secondary N) is 2. The predicted octanol–water partition coefficient (Wildman–Crippen LogP) is 2.52. The maximum atomic E-state index is 11.3. The fourth-order valence-electron chi connectivity index (χ4n) is 0.824. The maximum absolute atomic E-state index is 11.3. The first kappa shape index (κ1) is 12.8. The lowest BCUT2D eigenvalue weighted by molar-refractivity contribution is 0.582. The zero-order valence-electron chi connectivity index (χ0n) is 7.22. The molecule has 0 amide bonds. The van der Waals surface area contributed by atoms with Crippen LogP contribution in [-0.4, -0.2) is 8.42 Å². The van der Waals surface area contributed by atoms with Gasteiger partial charge in [0.2, 0.25) is 0 Å². The minimum atomic E-state index is -4.02. The molecule has 0 aliphatic rings. The van der Waals surface area contributed by atoms with Crippen molar-refractivity contribution < 1.29 is 13.0 Å². The molecule has 5 nitrogen and oxygen atoms in total. The molecule has 0 unspecified atom stereocenters. The van der Waals surface area contributed by atoms with Crippen LogP contribution in [0.5, 0.6) is 0 Å². The van der Waals surface area contributed by atoms with Gasteiger partial charge in [0.1, 0.15) is 0 Å². The van der Waals surface area contributed by atoms with Gasteiger partial charge in [0.05, 0.1) is 0 Å². The summed E-state index contributed by atoms with van der Waals surface area (Å²) < 4.78 is 37.0. The Morgan fingerprint density at radius 3 is 2.13 bits per heavy atom. The molecule has 0 saturated heterocycles. The highest BCUT2D eigenvalue weighted by atomic mass is 35.9. The van der Waals surface area contributed by atoms with Crippen LogP contribution in [0.15, 0.2) is 30.3 Å². The van der Waals surface area contributed by atoms with Gasteiger partial charge < -0.3 is 0 Å². The molecule has 0 saturated carbocycles. The lowest BCUT2D eigenvalue weighted by atomic mass is 10.3. The normalized spacial score (nSPS) is 12.4. The van der Waals surface area contributed by atoms with Crippen LogP contribution in [0.2, 0.25) is 0 Å². The standard InChI is InChI=1S/C6H7Cl2N2O3PS/c7-14(8,11)10-15(12,13)9-6-4-2-1-3-5-6/h1-5,9H,(H,10,11). The fraction of sp³-hybridized carbons (Fsp3) is 0. The van der Waals surface area contributed by atoms with Gasteiger partial charge in [-0.2, -0.15) is 8.42 Å². The van der Waals surface area contributed by atoms with E-state index in [2.05, 4.69) is 4.72 Å². The molecular formula is C6H7Cl2N2O3PS. The van der Waals surface area contributed by atoms with E-state index in [-0.39, 0.29) is 0 Å². The molecule has 1 aromatic rings. The largest absolute Gasteiger partial charge is 0.334 e. The van der Waals surface area contributed by atoms with Crippen LogP contribution in [0.25, 0.3) is 0 Å². The molecule has 0 bridgehead atoms. The van der Waals surface area contributed by atoms with Crippen LogP contribution in [-0.2, 0) is 14.8 Å². The highest BCUT2D eigenvalue weighted by molar-refractivity contribution is 8.14. The molecule has 1 aromatic carbocycles. The smallest absolute Gasteiger partial charge is 0.271 e. The van der Waals surface area contributed by atoms with Crippen molar-refractivity contribution in [2.45, 2.75) is 0 Å². The average molecular weight is 289 g/mol. The van der Waals surface area contributed by atoms with Gasteiger partial charge in [-0.15, -0.1) is 4.49 Å². The molecule has 0 aromatic heterocycles. The summed E-state index contributed by atoms with van der Waals surface area (Å²) in [5.41, 5.74) is 0.312. The fourth-order valence-corrected chi connectivity index (χ4v) is 4.21. The van der Waals surface area contributed by atoms with Crippen molar-refractivity contribution in [2.75, 3.05) is 4.72 Å². The number of para-hydroxylation sites is 1. The topological polar surface area (TPSA) is 75.3 Å². The number of benzene rings is 1. The Bertz CT molecular complexity index is 472. The molecule has 0 atom stereocenters. The second-order valence-electron chi connectivity index (χ2n) is 2.53. The summed E-state index contributed by atoms with van der Waals surface area (Å²) in [6.45, 7) is 0. The van der Waals surface area contributed by atoms with Crippen LogP contribution in [0.1, 0.15) is 0 Å². The number of hydrogen-bond donors (Lipinski definition) is 2. The van der Waals surface area contributed by atoms with Crippen LogP contribution in [0.4, 0.5) is 5.69 Å². The zero-order valence-corrected chi connectivity index (χ0v) is 10.4. The molecule has 0 radical (unpaired) electrons. The Morgan fingerprint density at radius 2 is 1.67 bits per heavy atom. The second kappa shape index (κ2) is 4.72. The number of hydrogen-bond acceptors (Lipinski definition) is 3. The van der Waals surface area contributed by atoms with Crippen LogP contribution in [0, 0.1) is 0 Å². The Hall–Kier alpha value is -0.260. The lowest BCUT2D eigenvalue weighted by Crippen LogP contribution is -2.25. The van der Waals surface area contributed by atoms with Crippen molar-refractivity contribution in [1.82, 2.24) is 4.49 Å². The Kier molecular flexibility index (Phi) is 4.03. The van der Waals surface area contributed by atoms with E-state index in [0.717, 1.165) is 0 Å². The van der Waals surface area contributed by atoms with E-state index in [1.807, 2.05) is 0 Å². The number of halogens is 2. The molecular weight excluding hydrogens is 282 g/mol. The molecule has 15 heavy (non-hydrogen) atoms. The van der Waals surface area contributed by atoms with Crippen molar-refractivity contribution in [3.05, 3.63) is 30.3 Å². The van der Waals surface area contributed by atoms with Crippen molar-refractivity contribution in [1.29, 1.82) is 0 Å². The molecule has 0 aliphatic heterocycles. The van der Waals surface area contributed by atoms with Gasteiger partial charge in [0.15, 0.2) is 0 Å². The summed E-state index contributed by atoms with van der Waals surface area (Å²) in [5, 5.41) is 0. The third kappa shape index (κ3) is 5.39. The molecule has 0 heterocycles. The summed E-state index contributed by atoms with van der Waals surface area (Å²) in [6.07, 6.45) is 0. The molecule has 0 aliphatic carbocycles. The van der Waals surface area contributed by atoms with Crippen molar-refractivity contribution in [2.24, 2.45) is 0 Å². The van der Waals surface area contributed by atoms with Gasteiger partial charge in [-0.05, 0) is 34.6 Å². The molecule has 0 spiro atoms. The van der Waals surface area contributed by atoms with E-state index in [0.29, 0.717) is 5.69 Å². The van der Waals surface area contributed by atoms with Crippen molar-refractivity contribution in [3.8, 4) is 0 Å². The summed E-state index contributed by atoms with van der Waals surface area (Å²) >= 11 is 10.1. The molecule has 84 valence electrons. The Morgan fingerprint density at radius 1 is 1.13 bits per heavy atom. The minimum Gasteiger partial charge on any atom is -0.271 e. The highest BCUT2D eigenvalue weighted by Crippen LogP contribution is 2.52. The van der Waals surface area contributed by atoms with Gasteiger partial charge in [-0.3, -0.25) is 9.29 Å². The summed E-state index contributed by atoms with van der Waals surface area (Å²) in [5.74, 6) is -3.88. The van der Waals surface area contributed by atoms with Crippen molar-refractivity contribution in [3.63, 3.8) is 0 Å². The predicted molar refractivity (Wildman–Crippen MR) is 61.4 cm³/mol. The second-order valence-corrected chi connectivity index (χ2v) is 8.77. The first-order valence-electron chi connectivity index (χ1n) is 3.65. The monoisotopic (exact) mass is 288 g/mol. The zero-order chi connectivity index (χ0) is 11.5. The van der Waals surface area contributed by atoms with Crippen LogP contribution >= 0.6 is 28.5 Å². The van der Waals surface area contributed by atoms with Crippen LogP contribution < -0.4 is 9.21 Å². The third-order valence-electron chi connectivity index (χ3n) is 1.25. The van der Waals surface area contributed by atoms with Crippen LogP contribution in [0.3, 0.4) is 0 Å². The quantitative estimate of drug-likeness (QED) is 0.836. The van der Waals surface area contributed by atoms with Gasteiger partial charge >= 0.3 is 16.2 Å². The van der Waals surface area contributed by atoms with Gasteiger partial charge in [0.25, 0.3) is 0 Å². The molecule has 2 N–H and O–H groups in total. The van der Waals surface area contributed by atoms with Gasteiger partial charge in [-0.1, -0.05) is 18.2 Å². The highest BCUT2D eigenvalue weighted by Gasteiger charge is 2.22. The lowest BCUT2D eigenvalue weighted by Gasteiger charge is -2.08.